The lowest BCUT2D eigenvalue weighted by molar-refractivity contribution is 0.334. The zero-order chi connectivity index (χ0) is 8.57. The summed E-state index contributed by atoms with van der Waals surface area (Å²) in [7, 11) is 2.00. The van der Waals surface area contributed by atoms with Gasteiger partial charge in [-0.3, -0.25) is 12.6 Å². The van der Waals surface area contributed by atoms with Crippen LogP contribution in [-0.2, 0) is 30.5 Å². The molecule has 64 valence electrons. The molecule has 0 aliphatic rings. The first-order valence-electron chi connectivity index (χ1n) is 2.30. The summed E-state index contributed by atoms with van der Waals surface area (Å²) >= 11 is -1.53. The van der Waals surface area contributed by atoms with Gasteiger partial charge in [0.05, 0.1) is 14.2 Å². The molecule has 0 unspecified atom stereocenters. The lowest BCUT2D eigenvalue weighted by atomic mass is 11.8. The van der Waals surface area contributed by atoms with Crippen molar-refractivity contribution in [2.24, 2.45) is 0 Å². The molecule has 0 heterocycles. The van der Waals surface area contributed by atoms with Crippen LogP contribution in [0.2, 0.25) is 0 Å². The monoisotopic (exact) mass is 188 g/mol. The predicted molar refractivity (Wildman–Crippen MR) is 42.2 cm³/mol. The Labute approximate surface area is 66.2 Å². The van der Waals surface area contributed by atoms with Crippen molar-refractivity contribution in [1.29, 1.82) is 0 Å². The van der Waals surface area contributed by atoms with E-state index in [0.717, 1.165) is 0 Å². The van der Waals surface area contributed by atoms with Crippen LogP contribution < -0.4 is 0 Å². The van der Waals surface area contributed by atoms with Gasteiger partial charge in [0, 0.05) is 23.3 Å². The van der Waals surface area contributed by atoms with E-state index in [4.69, 9.17) is 0 Å². The molecule has 10 heavy (non-hydrogen) atoms. The molecule has 0 aromatic rings. The first kappa shape index (κ1) is 12.9. The highest BCUT2D eigenvalue weighted by molar-refractivity contribution is 7.83. The zero-order valence-electron chi connectivity index (χ0n) is 6.45. The molecule has 0 N–H and O–H groups in total. The van der Waals surface area contributed by atoms with Gasteiger partial charge in [0.1, 0.15) is 0 Å². The highest BCUT2D eigenvalue weighted by Crippen LogP contribution is 1.76. The summed E-state index contributed by atoms with van der Waals surface area (Å²) in [5.41, 5.74) is 0. The van der Waals surface area contributed by atoms with E-state index in [-0.39, 0.29) is 0 Å². The average Bonchev–Trinajstić information content (AvgIpc) is 1.85. The molecule has 0 aromatic heterocycles. The molecule has 0 rings (SSSR count). The van der Waals surface area contributed by atoms with Crippen molar-refractivity contribution in [2.45, 2.75) is 0 Å². The van der Waals surface area contributed by atoms with Crippen molar-refractivity contribution in [2.75, 3.05) is 26.7 Å². The molecular weight excluding hydrogens is 176 g/mol. The van der Waals surface area contributed by atoms with Gasteiger partial charge < -0.3 is 0 Å². The number of hydrogen-bond donors (Lipinski definition) is 0. The average molecular weight is 188 g/mol. The molecule has 0 bridgehead atoms. The SMILES string of the molecule is COS(=O)OC.CS(C)=O. The fourth-order valence-electron chi connectivity index (χ4n) is 0.0680. The van der Waals surface area contributed by atoms with Crippen LogP contribution in [0.5, 0.6) is 0 Å². The molecule has 0 amide bonds. The quantitative estimate of drug-likeness (QED) is 0.605. The third-order valence-corrected chi connectivity index (χ3v) is 0.816. The molecule has 0 saturated carbocycles. The van der Waals surface area contributed by atoms with Crippen molar-refractivity contribution in [1.82, 2.24) is 0 Å². The van der Waals surface area contributed by atoms with Gasteiger partial charge in [0.2, 0.25) is 0 Å². The van der Waals surface area contributed by atoms with Gasteiger partial charge in [-0.15, -0.1) is 0 Å². The fraction of sp³-hybridized carbons (Fsp3) is 1.00. The Morgan fingerprint density at radius 2 is 1.20 bits per heavy atom. The molecule has 0 fully saturated rings. The maximum Gasteiger partial charge on any atom is 0.304 e. The number of rotatable bonds is 2. The van der Waals surface area contributed by atoms with Crippen molar-refractivity contribution >= 4 is 22.2 Å². The van der Waals surface area contributed by atoms with Crippen LogP contribution in [0.3, 0.4) is 0 Å². The Hall–Kier alpha value is 0.220. The zero-order valence-corrected chi connectivity index (χ0v) is 8.08. The van der Waals surface area contributed by atoms with Crippen LogP contribution in [0.15, 0.2) is 0 Å². The van der Waals surface area contributed by atoms with Gasteiger partial charge in [-0.25, -0.2) is 0 Å². The first-order valence-corrected chi connectivity index (χ1v) is 5.27. The van der Waals surface area contributed by atoms with Gasteiger partial charge >= 0.3 is 11.4 Å². The molecule has 0 atom stereocenters. The smallest absolute Gasteiger partial charge is 0.272 e. The normalized spacial score (nSPS) is 9.40. The molecule has 0 radical (unpaired) electrons. The molecule has 4 nitrogen and oxygen atoms in total. The van der Waals surface area contributed by atoms with Gasteiger partial charge in [0.25, 0.3) is 0 Å². The number of hydrogen-bond acceptors (Lipinski definition) is 4. The van der Waals surface area contributed by atoms with Gasteiger partial charge in [-0.1, -0.05) is 0 Å². The third kappa shape index (κ3) is 24.1. The predicted octanol–water partition coefficient (Wildman–Crippen LogP) is -0.147. The summed E-state index contributed by atoms with van der Waals surface area (Å²) in [4.78, 5) is 0. The second-order valence-electron chi connectivity index (χ2n) is 1.28. The standard InChI is InChI=1S/C2H6O3S.C2H6OS/c1-4-6(3)5-2;1-4(2)3/h1-2H3;1-2H3. The Kier molecular flexibility index (Phi) is 11.9. The van der Waals surface area contributed by atoms with E-state index in [0.29, 0.717) is 0 Å². The minimum atomic E-state index is -1.53. The van der Waals surface area contributed by atoms with Crippen LogP contribution in [0.4, 0.5) is 0 Å². The largest absolute Gasteiger partial charge is 0.304 e. The van der Waals surface area contributed by atoms with E-state index in [1.165, 1.54) is 14.2 Å². The second-order valence-corrected chi connectivity index (χ2v) is 3.84. The molecule has 0 aliphatic heterocycles. The summed E-state index contributed by atoms with van der Waals surface area (Å²) in [6.07, 6.45) is 3.28. The molecule has 0 saturated heterocycles. The molecule has 0 aromatic carbocycles. The summed E-state index contributed by atoms with van der Waals surface area (Å²) in [5, 5.41) is 0. The van der Waals surface area contributed by atoms with E-state index < -0.39 is 22.2 Å². The van der Waals surface area contributed by atoms with E-state index in [1.807, 2.05) is 0 Å². The minimum absolute atomic E-state index is 0.611. The minimum Gasteiger partial charge on any atom is -0.272 e. The summed E-state index contributed by atoms with van der Waals surface area (Å²) in [5.74, 6) is 0. The van der Waals surface area contributed by atoms with Crippen molar-refractivity contribution < 1.29 is 16.8 Å². The van der Waals surface area contributed by atoms with Crippen LogP contribution in [-0.4, -0.2) is 35.1 Å². The Balaban J connectivity index is 0. The van der Waals surface area contributed by atoms with Crippen LogP contribution in [0.1, 0.15) is 0 Å². The highest BCUT2D eigenvalue weighted by atomic mass is 32.2. The Bertz CT molecular complexity index is 104. The third-order valence-electron chi connectivity index (χ3n) is 0.272. The Morgan fingerprint density at radius 1 is 1.00 bits per heavy atom. The van der Waals surface area contributed by atoms with Gasteiger partial charge in [-0.05, 0) is 0 Å². The summed E-state index contributed by atoms with van der Waals surface area (Å²) < 4.78 is 27.7. The van der Waals surface area contributed by atoms with E-state index in [2.05, 4.69) is 8.37 Å². The maximum absolute atomic E-state index is 9.85. The van der Waals surface area contributed by atoms with Crippen molar-refractivity contribution in [3.63, 3.8) is 0 Å². The topological polar surface area (TPSA) is 52.6 Å². The Morgan fingerprint density at radius 3 is 1.20 bits per heavy atom. The summed E-state index contributed by atoms with van der Waals surface area (Å²) in [6.45, 7) is 0. The van der Waals surface area contributed by atoms with E-state index in [9.17, 15) is 8.42 Å². The van der Waals surface area contributed by atoms with Crippen LogP contribution in [0.25, 0.3) is 0 Å². The first-order chi connectivity index (χ1) is 4.54. The molecule has 0 spiro atoms. The molecular formula is C4H12O4S2. The van der Waals surface area contributed by atoms with E-state index in [1.54, 1.807) is 12.5 Å². The van der Waals surface area contributed by atoms with Gasteiger partial charge in [0.15, 0.2) is 0 Å². The lowest BCUT2D eigenvalue weighted by Crippen LogP contribution is -1.91. The molecule has 0 aliphatic carbocycles. The van der Waals surface area contributed by atoms with Crippen molar-refractivity contribution in [3.8, 4) is 0 Å². The lowest BCUT2D eigenvalue weighted by Gasteiger charge is -1.86. The maximum atomic E-state index is 9.85. The van der Waals surface area contributed by atoms with Gasteiger partial charge in [-0.2, -0.15) is 4.21 Å². The van der Waals surface area contributed by atoms with E-state index >= 15 is 0 Å². The fourth-order valence-corrected chi connectivity index (χ4v) is 0.204. The van der Waals surface area contributed by atoms with Crippen molar-refractivity contribution in [3.05, 3.63) is 0 Å². The van der Waals surface area contributed by atoms with Crippen LogP contribution in [0, 0.1) is 0 Å². The van der Waals surface area contributed by atoms with Crippen LogP contribution >= 0.6 is 0 Å². The highest BCUT2D eigenvalue weighted by Gasteiger charge is 1.84. The summed E-state index contributed by atoms with van der Waals surface area (Å²) in [6, 6.07) is 0. The molecule has 6 heteroatoms. The second kappa shape index (κ2) is 9.22.